The van der Waals surface area contributed by atoms with E-state index in [1.807, 2.05) is 14.1 Å². The number of nitrogens with two attached hydrogens (primary N) is 1. The fraction of sp³-hybridized carbons (Fsp3) is 0.833. The van der Waals surface area contributed by atoms with E-state index < -0.39 is 11.9 Å². The van der Waals surface area contributed by atoms with Gasteiger partial charge in [-0.15, -0.1) is 0 Å². The molecule has 0 rings (SSSR count). The minimum atomic E-state index is -0.472. The first-order valence-electron chi connectivity index (χ1n) is 11.8. The van der Waals surface area contributed by atoms with Gasteiger partial charge in [-0.25, -0.2) is 9.59 Å². The number of ether oxygens (including phenoxy) is 2. The molecule has 0 fully saturated rings. The Morgan fingerprint density at radius 1 is 0.700 bits per heavy atom. The molecule has 0 unspecified atom stereocenters. The SMILES string of the molecule is CCCCCCCCOC(=O)/C=C\C(=O)OCCCCCCCC.CN(C)CCN. The number of hydrogen-bond donors (Lipinski definition) is 1. The standard InChI is InChI=1S/C20H36O4.C4H12N2/c1-3-5-7-9-11-13-17-23-19(21)15-16-20(22)24-18-14-12-10-8-6-4-2;1-6(2)4-3-5/h15-16H,3-14,17-18H2,1-2H3;3-5H2,1-2H3/b16-15-;. The summed E-state index contributed by atoms with van der Waals surface area (Å²) in [5.41, 5.74) is 5.19. The maximum Gasteiger partial charge on any atom is 0.331 e. The molecule has 0 amide bonds. The van der Waals surface area contributed by atoms with Crippen molar-refractivity contribution in [3.63, 3.8) is 0 Å². The molecule has 0 aromatic carbocycles. The van der Waals surface area contributed by atoms with Gasteiger partial charge in [0.15, 0.2) is 0 Å². The minimum Gasteiger partial charge on any atom is -0.463 e. The zero-order valence-electron chi connectivity index (χ0n) is 20.1. The maximum atomic E-state index is 11.4. The van der Waals surface area contributed by atoms with Crippen molar-refractivity contribution in [2.75, 3.05) is 40.4 Å². The molecule has 6 heteroatoms. The molecule has 0 saturated carbocycles. The van der Waals surface area contributed by atoms with Crippen LogP contribution in [0.15, 0.2) is 12.2 Å². The van der Waals surface area contributed by atoms with Gasteiger partial charge >= 0.3 is 11.9 Å². The Labute approximate surface area is 185 Å². The van der Waals surface area contributed by atoms with Crippen LogP contribution in [0.25, 0.3) is 0 Å². The molecule has 0 aromatic rings. The summed E-state index contributed by atoms with van der Waals surface area (Å²) in [6.07, 6.45) is 16.1. The van der Waals surface area contributed by atoms with Crippen molar-refractivity contribution in [1.29, 1.82) is 0 Å². The average Bonchev–Trinajstić information content (AvgIpc) is 2.71. The largest absolute Gasteiger partial charge is 0.463 e. The predicted molar refractivity (Wildman–Crippen MR) is 125 cm³/mol. The van der Waals surface area contributed by atoms with E-state index in [9.17, 15) is 9.59 Å². The Kier molecular flexibility index (Phi) is 26.3. The van der Waals surface area contributed by atoms with Crippen molar-refractivity contribution < 1.29 is 19.1 Å². The minimum absolute atomic E-state index is 0.419. The van der Waals surface area contributed by atoms with Gasteiger partial charge in [0.25, 0.3) is 0 Å². The highest BCUT2D eigenvalue weighted by atomic mass is 16.5. The summed E-state index contributed by atoms with van der Waals surface area (Å²) in [6, 6.07) is 0. The second-order valence-electron chi connectivity index (χ2n) is 7.80. The first-order valence-corrected chi connectivity index (χ1v) is 11.8. The van der Waals surface area contributed by atoms with Gasteiger partial charge in [0.1, 0.15) is 0 Å². The Morgan fingerprint density at radius 3 is 1.37 bits per heavy atom. The number of rotatable bonds is 18. The molecular weight excluding hydrogens is 380 g/mol. The van der Waals surface area contributed by atoms with Gasteiger partial charge in [0, 0.05) is 25.2 Å². The fourth-order valence-electron chi connectivity index (χ4n) is 2.60. The van der Waals surface area contributed by atoms with Crippen molar-refractivity contribution in [1.82, 2.24) is 4.90 Å². The topological polar surface area (TPSA) is 81.9 Å². The third kappa shape index (κ3) is 28.8. The highest BCUT2D eigenvalue weighted by Gasteiger charge is 2.01. The molecule has 0 heterocycles. The number of unbranched alkanes of at least 4 members (excludes halogenated alkanes) is 10. The Morgan fingerprint density at radius 2 is 1.07 bits per heavy atom. The monoisotopic (exact) mass is 428 g/mol. The third-order valence-electron chi connectivity index (χ3n) is 4.42. The average molecular weight is 429 g/mol. The summed E-state index contributed by atoms with van der Waals surface area (Å²) < 4.78 is 10.1. The molecule has 0 aromatic heterocycles. The van der Waals surface area contributed by atoms with Crippen LogP contribution in [0.3, 0.4) is 0 Å². The van der Waals surface area contributed by atoms with Crippen LogP contribution in [0.1, 0.15) is 90.9 Å². The van der Waals surface area contributed by atoms with Crippen LogP contribution >= 0.6 is 0 Å². The van der Waals surface area contributed by atoms with Gasteiger partial charge in [-0.2, -0.15) is 0 Å². The van der Waals surface area contributed by atoms with Gasteiger partial charge in [-0.3, -0.25) is 0 Å². The number of carbonyl (C=O) groups is 2. The van der Waals surface area contributed by atoms with Gasteiger partial charge in [-0.1, -0.05) is 78.1 Å². The van der Waals surface area contributed by atoms with Crippen LogP contribution in [0, 0.1) is 0 Å². The zero-order valence-corrected chi connectivity index (χ0v) is 20.1. The van der Waals surface area contributed by atoms with Crippen LogP contribution in [0.2, 0.25) is 0 Å². The Bertz CT molecular complexity index is 380. The quantitative estimate of drug-likeness (QED) is 0.191. The second kappa shape index (κ2) is 25.6. The molecule has 6 nitrogen and oxygen atoms in total. The van der Waals surface area contributed by atoms with E-state index >= 15 is 0 Å². The third-order valence-corrected chi connectivity index (χ3v) is 4.42. The Hall–Kier alpha value is -1.40. The Balaban J connectivity index is 0. The van der Waals surface area contributed by atoms with E-state index in [2.05, 4.69) is 18.7 Å². The fourth-order valence-corrected chi connectivity index (χ4v) is 2.60. The van der Waals surface area contributed by atoms with E-state index in [-0.39, 0.29) is 0 Å². The zero-order chi connectivity index (χ0) is 22.9. The van der Waals surface area contributed by atoms with Gasteiger partial charge in [0.05, 0.1) is 13.2 Å². The van der Waals surface area contributed by atoms with Crippen molar-refractivity contribution in [2.24, 2.45) is 5.73 Å². The van der Waals surface area contributed by atoms with Gasteiger partial charge in [-0.05, 0) is 26.9 Å². The lowest BCUT2D eigenvalue weighted by Crippen LogP contribution is -2.20. The number of likely N-dealkylation sites (N-methyl/N-ethyl adjacent to an activating group) is 1. The van der Waals surface area contributed by atoms with Crippen LogP contribution in [-0.2, 0) is 19.1 Å². The van der Waals surface area contributed by atoms with Crippen molar-refractivity contribution >= 4 is 11.9 Å². The predicted octanol–water partition coefficient (Wildman–Crippen LogP) is 4.86. The van der Waals surface area contributed by atoms with Crippen molar-refractivity contribution in [3.05, 3.63) is 12.2 Å². The molecular formula is C24H48N2O4. The summed E-state index contributed by atoms with van der Waals surface area (Å²) in [4.78, 5) is 24.9. The molecule has 2 N–H and O–H groups in total. The summed E-state index contributed by atoms with van der Waals surface area (Å²) in [5.74, 6) is -0.944. The summed E-state index contributed by atoms with van der Waals surface area (Å²) in [7, 11) is 4.01. The molecule has 0 atom stereocenters. The molecule has 0 bridgehead atoms. The number of esters is 2. The summed E-state index contributed by atoms with van der Waals surface area (Å²) in [6.45, 7) is 6.96. The molecule has 0 saturated heterocycles. The smallest absolute Gasteiger partial charge is 0.331 e. The highest BCUT2D eigenvalue weighted by Crippen LogP contribution is 2.06. The van der Waals surface area contributed by atoms with E-state index in [1.54, 1.807) is 0 Å². The van der Waals surface area contributed by atoms with Crippen LogP contribution in [0.5, 0.6) is 0 Å². The van der Waals surface area contributed by atoms with Crippen molar-refractivity contribution in [3.8, 4) is 0 Å². The maximum absolute atomic E-state index is 11.4. The van der Waals surface area contributed by atoms with Gasteiger partial charge < -0.3 is 20.1 Å². The van der Waals surface area contributed by atoms with Crippen LogP contribution in [0.4, 0.5) is 0 Å². The number of nitrogens with zero attached hydrogens (tertiary/aromatic N) is 1. The number of carbonyl (C=O) groups excluding carboxylic acids is 2. The molecule has 30 heavy (non-hydrogen) atoms. The lowest BCUT2D eigenvalue weighted by molar-refractivity contribution is -0.140. The summed E-state index contributed by atoms with van der Waals surface area (Å²) >= 11 is 0. The molecule has 0 aliphatic rings. The first-order chi connectivity index (χ1) is 14.5. The van der Waals surface area contributed by atoms with E-state index in [0.29, 0.717) is 13.2 Å². The molecule has 0 aliphatic carbocycles. The number of hydrogen-bond acceptors (Lipinski definition) is 6. The van der Waals surface area contributed by atoms with Crippen LogP contribution in [-0.4, -0.2) is 57.2 Å². The van der Waals surface area contributed by atoms with Crippen molar-refractivity contribution in [2.45, 2.75) is 90.9 Å². The summed E-state index contributed by atoms with van der Waals surface area (Å²) in [5, 5.41) is 0. The normalized spacial score (nSPS) is 10.7. The van der Waals surface area contributed by atoms with E-state index in [4.69, 9.17) is 15.2 Å². The highest BCUT2D eigenvalue weighted by molar-refractivity contribution is 5.91. The lowest BCUT2D eigenvalue weighted by atomic mass is 10.1. The van der Waals surface area contributed by atoms with E-state index in [1.165, 1.54) is 51.4 Å². The molecule has 0 radical (unpaired) electrons. The lowest BCUT2D eigenvalue weighted by Gasteiger charge is -2.03. The first kappa shape index (κ1) is 30.8. The molecule has 178 valence electrons. The second-order valence-corrected chi connectivity index (χ2v) is 7.80. The van der Waals surface area contributed by atoms with Crippen LogP contribution < -0.4 is 5.73 Å². The molecule has 0 spiro atoms. The molecule has 0 aliphatic heterocycles. The van der Waals surface area contributed by atoms with Gasteiger partial charge in [0.2, 0.25) is 0 Å². The van der Waals surface area contributed by atoms with E-state index in [0.717, 1.165) is 50.9 Å².